The first-order valence-electron chi connectivity index (χ1n) is 7.93. The molecule has 0 atom stereocenters. The van der Waals surface area contributed by atoms with Crippen molar-refractivity contribution in [2.75, 3.05) is 0 Å². The van der Waals surface area contributed by atoms with Crippen molar-refractivity contribution in [3.05, 3.63) is 78.4 Å². The summed E-state index contributed by atoms with van der Waals surface area (Å²) in [6.07, 6.45) is 0.145. The lowest BCUT2D eigenvalue weighted by Gasteiger charge is -2.02. The van der Waals surface area contributed by atoms with Gasteiger partial charge < -0.3 is 4.42 Å². The van der Waals surface area contributed by atoms with Gasteiger partial charge in [0.05, 0.1) is 0 Å². The highest BCUT2D eigenvalue weighted by Gasteiger charge is 2.14. The fourth-order valence-electron chi connectivity index (χ4n) is 2.89. The third-order valence-electron chi connectivity index (χ3n) is 4.07. The number of carbonyl (C=O) groups excluding carboxylic acids is 1. The maximum Gasteiger partial charge on any atom is 0.227 e. The van der Waals surface area contributed by atoms with E-state index in [0.29, 0.717) is 11.5 Å². The van der Waals surface area contributed by atoms with E-state index in [-0.39, 0.29) is 6.42 Å². The lowest BCUT2D eigenvalue weighted by atomic mass is 10.1. The third kappa shape index (κ3) is 3.19. The van der Waals surface area contributed by atoms with E-state index in [1.807, 2.05) is 60.7 Å². The standard InChI is InChI=1S/C21H14ClNO2/c22-20(24)13-16-8-4-5-9-17(16)21-23-18-12-15(10-11-19(18)25-21)14-6-2-1-3-7-14/h1-12H,13H2. The summed E-state index contributed by atoms with van der Waals surface area (Å²) in [5, 5.41) is -0.407. The quantitative estimate of drug-likeness (QED) is 0.460. The van der Waals surface area contributed by atoms with Crippen LogP contribution in [0.25, 0.3) is 33.7 Å². The van der Waals surface area contributed by atoms with Gasteiger partial charge in [-0.2, -0.15) is 0 Å². The highest BCUT2D eigenvalue weighted by molar-refractivity contribution is 6.63. The third-order valence-corrected chi connectivity index (χ3v) is 4.21. The Morgan fingerprint density at radius 2 is 1.68 bits per heavy atom. The SMILES string of the molecule is O=C(Cl)Cc1ccccc1-c1nc2cc(-c3ccccc3)ccc2o1. The molecule has 3 nitrogen and oxygen atoms in total. The predicted octanol–water partition coefficient (Wildman–Crippen LogP) is 5.47. The molecule has 0 spiro atoms. The minimum Gasteiger partial charge on any atom is -0.436 e. The average Bonchev–Trinajstić information content (AvgIpc) is 3.05. The van der Waals surface area contributed by atoms with Gasteiger partial charge in [-0.05, 0) is 46.5 Å². The van der Waals surface area contributed by atoms with Gasteiger partial charge in [-0.3, -0.25) is 4.79 Å². The van der Waals surface area contributed by atoms with E-state index in [1.165, 1.54) is 0 Å². The zero-order chi connectivity index (χ0) is 17.2. The van der Waals surface area contributed by atoms with Crippen LogP contribution in [0.4, 0.5) is 0 Å². The Hall–Kier alpha value is -2.91. The molecule has 0 bridgehead atoms. The van der Waals surface area contributed by atoms with Gasteiger partial charge in [0.2, 0.25) is 11.1 Å². The monoisotopic (exact) mass is 347 g/mol. The second kappa shape index (κ2) is 6.54. The Morgan fingerprint density at radius 3 is 2.48 bits per heavy atom. The largest absolute Gasteiger partial charge is 0.436 e. The van der Waals surface area contributed by atoms with Crippen LogP contribution in [0.5, 0.6) is 0 Å². The molecule has 0 aliphatic heterocycles. The number of rotatable bonds is 4. The molecule has 0 saturated heterocycles. The molecule has 0 fully saturated rings. The first-order valence-corrected chi connectivity index (χ1v) is 8.31. The fraction of sp³-hybridized carbons (Fsp3) is 0.0476. The predicted molar refractivity (Wildman–Crippen MR) is 99.4 cm³/mol. The molecule has 1 heterocycles. The number of aromatic nitrogens is 1. The first-order chi connectivity index (χ1) is 12.2. The van der Waals surface area contributed by atoms with Gasteiger partial charge in [-0.25, -0.2) is 4.98 Å². The first kappa shape index (κ1) is 15.6. The molecule has 0 saturated carbocycles. The molecule has 0 aliphatic carbocycles. The molecule has 4 heteroatoms. The second-order valence-electron chi connectivity index (χ2n) is 5.76. The molecule has 0 N–H and O–H groups in total. The maximum atomic E-state index is 11.3. The van der Waals surface area contributed by atoms with Crippen LogP contribution in [-0.2, 0) is 11.2 Å². The van der Waals surface area contributed by atoms with Gasteiger partial charge >= 0.3 is 0 Å². The molecule has 0 unspecified atom stereocenters. The van der Waals surface area contributed by atoms with E-state index in [1.54, 1.807) is 0 Å². The molecule has 4 aromatic rings. The number of fused-ring (bicyclic) bond motifs is 1. The zero-order valence-electron chi connectivity index (χ0n) is 13.3. The second-order valence-corrected chi connectivity index (χ2v) is 6.18. The summed E-state index contributed by atoms with van der Waals surface area (Å²) < 4.78 is 5.90. The topological polar surface area (TPSA) is 43.1 Å². The van der Waals surface area contributed by atoms with E-state index < -0.39 is 5.24 Å². The molecule has 4 rings (SSSR count). The Morgan fingerprint density at radius 1 is 0.920 bits per heavy atom. The minimum atomic E-state index is -0.407. The van der Waals surface area contributed by atoms with Crippen molar-refractivity contribution < 1.29 is 9.21 Å². The van der Waals surface area contributed by atoms with Gasteiger partial charge in [0.1, 0.15) is 5.52 Å². The van der Waals surface area contributed by atoms with Gasteiger partial charge in [0.15, 0.2) is 5.58 Å². The van der Waals surface area contributed by atoms with Crippen molar-refractivity contribution in [1.29, 1.82) is 0 Å². The Labute approximate surface area is 149 Å². The number of oxazole rings is 1. The van der Waals surface area contributed by atoms with E-state index >= 15 is 0 Å². The molecule has 0 radical (unpaired) electrons. The summed E-state index contributed by atoms with van der Waals surface area (Å²) in [6.45, 7) is 0. The number of nitrogens with zero attached hydrogens (tertiary/aromatic N) is 1. The molecule has 0 aliphatic rings. The van der Waals surface area contributed by atoms with Crippen LogP contribution in [0.1, 0.15) is 5.56 Å². The summed E-state index contributed by atoms with van der Waals surface area (Å²) >= 11 is 5.55. The van der Waals surface area contributed by atoms with E-state index in [2.05, 4.69) is 17.1 Å². The van der Waals surface area contributed by atoms with Crippen molar-refractivity contribution in [3.8, 4) is 22.6 Å². The average molecular weight is 348 g/mol. The van der Waals surface area contributed by atoms with Crippen LogP contribution in [0.3, 0.4) is 0 Å². The van der Waals surface area contributed by atoms with Gasteiger partial charge in [-0.15, -0.1) is 0 Å². The van der Waals surface area contributed by atoms with Crippen LogP contribution >= 0.6 is 11.6 Å². The van der Waals surface area contributed by atoms with Crippen LogP contribution in [-0.4, -0.2) is 10.2 Å². The van der Waals surface area contributed by atoms with Crippen LogP contribution in [0.15, 0.2) is 77.2 Å². The number of halogens is 1. The Kier molecular flexibility index (Phi) is 4.08. The highest BCUT2D eigenvalue weighted by Crippen LogP contribution is 2.30. The van der Waals surface area contributed by atoms with Gasteiger partial charge in [-0.1, -0.05) is 54.6 Å². The summed E-state index contributed by atoms with van der Waals surface area (Å²) in [6, 6.07) is 23.6. The van der Waals surface area contributed by atoms with Crippen LogP contribution in [0.2, 0.25) is 0 Å². The van der Waals surface area contributed by atoms with Crippen molar-refractivity contribution in [3.63, 3.8) is 0 Å². The summed E-state index contributed by atoms with van der Waals surface area (Å²) in [5.74, 6) is 0.494. The van der Waals surface area contributed by atoms with E-state index in [4.69, 9.17) is 16.0 Å². The maximum absolute atomic E-state index is 11.3. The number of benzene rings is 3. The van der Waals surface area contributed by atoms with Gasteiger partial charge in [0.25, 0.3) is 0 Å². The van der Waals surface area contributed by atoms with Crippen molar-refractivity contribution in [2.24, 2.45) is 0 Å². The van der Waals surface area contributed by atoms with Crippen molar-refractivity contribution in [2.45, 2.75) is 6.42 Å². The lowest BCUT2D eigenvalue weighted by molar-refractivity contribution is -0.111. The smallest absolute Gasteiger partial charge is 0.227 e. The summed E-state index contributed by atoms with van der Waals surface area (Å²) in [7, 11) is 0. The Balaban J connectivity index is 1.79. The minimum absolute atomic E-state index is 0.145. The normalized spacial score (nSPS) is 10.9. The van der Waals surface area contributed by atoms with Crippen LogP contribution in [0, 0.1) is 0 Å². The lowest BCUT2D eigenvalue weighted by Crippen LogP contribution is -1.96. The molecule has 1 aromatic heterocycles. The highest BCUT2D eigenvalue weighted by atomic mass is 35.5. The molecular formula is C21H14ClNO2. The Bertz CT molecular complexity index is 1050. The zero-order valence-corrected chi connectivity index (χ0v) is 14.0. The summed E-state index contributed by atoms with van der Waals surface area (Å²) in [5.41, 5.74) is 5.29. The van der Waals surface area contributed by atoms with E-state index in [0.717, 1.165) is 27.8 Å². The fourth-order valence-corrected chi connectivity index (χ4v) is 3.03. The van der Waals surface area contributed by atoms with Crippen molar-refractivity contribution in [1.82, 2.24) is 4.98 Å². The molecule has 0 amide bonds. The summed E-state index contributed by atoms with van der Waals surface area (Å²) in [4.78, 5) is 15.9. The van der Waals surface area contributed by atoms with Crippen molar-refractivity contribution >= 4 is 27.9 Å². The van der Waals surface area contributed by atoms with E-state index in [9.17, 15) is 4.79 Å². The number of hydrogen-bond acceptors (Lipinski definition) is 3. The number of hydrogen-bond donors (Lipinski definition) is 0. The molecule has 122 valence electrons. The van der Waals surface area contributed by atoms with Crippen LogP contribution < -0.4 is 0 Å². The van der Waals surface area contributed by atoms with Gasteiger partial charge in [0, 0.05) is 12.0 Å². The number of carbonyl (C=O) groups is 1. The molecule has 3 aromatic carbocycles. The molecular weight excluding hydrogens is 334 g/mol. The molecule has 25 heavy (non-hydrogen) atoms.